The van der Waals surface area contributed by atoms with Crippen molar-refractivity contribution in [2.75, 3.05) is 5.73 Å². The lowest BCUT2D eigenvalue weighted by Crippen LogP contribution is -2.36. The standard InChI is InChI=1S/C20H15F2N5O2S/c21-20(22)28-14-7-6-13(10-15(14)29-20)30-19-25-16-17(23)24-11-27(18(16)26-19)9-8-12-4-2-1-3-5-12/h1-7,10-11H,8-9H2,(H2,23,25,26)/p+1. The van der Waals surface area contributed by atoms with Gasteiger partial charge in [0.25, 0.3) is 5.65 Å². The lowest BCUT2D eigenvalue weighted by Gasteiger charge is -2.04. The summed E-state index contributed by atoms with van der Waals surface area (Å²) in [4.78, 5) is 12.7. The molecular formula is C20H16F2N5O2S+. The molecule has 1 aliphatic rings. The number of halogens is 2. The summed E-state index contributed by atoms with van der Waals surface area (Å²) in [5, 5.41) is 0.559. The number of alkyl halides is 2. The van der Waals surface area contributed by atoms with E-state index in [4.69, 9.17) is 5.73 Å². The first-order valence-corrected chi connectivity index (χ1v) is 9.94. The molecule has 0 aliphatic carbocycles. The highest BCUT2D eigenvalue weighted by Crippen LogP contribution is 2.43. The summed E-state index contributed by atoms with van der Waals surface area (Å²) in [5.41, 5.74) is 8.52. The van der Waals surface area contributed by atoms with E-state index in [0.717, 1.165) is 6.42 Å². The molecule has 10 heteroatoms. The van der Waals surface area contributed by atoms with Crippen LogP contribution in [0.4, 0.5) is 14.6 Å². The Bertz CT molecular complexity index is 1230. The van der Waals surface area contributed by atoms with Crippen LogP contribution >= 0.6 is 11.8 Å². The van der Waals surface area contributed by atoms with Crippen LogP contribution in [0.1, 0.15) is 5.56 Å². The quantitative estimate of drug-likeness (QED) is 0.473. The summed E-state index contributed by atoms with van der Waals surface area (Å²) in [6.45, 7) is 0.682. The number of nitrogens with one attached hydrogen (secondary N) is 1. The Labute approximate surface area is 173 Å². The molecule has 3 N–H and O–H groups in total. The molecule has 0 unspecified atom stereocenters. The van der Waals surface area contributed by atoms with Crippen molar-refractivity contribution in [3.8, 4) is 11.5 Å². The highest BCUT2D eigenvalue weighted by molar-refractivity contribution is 7.99. The average Bonchev–Trinajstić information content (AvgIpc) is 3.28. The number of aromatic amines is 1. The number of aryl methyl sites for hydroxylation is 2. The van der Waals surface area contributed by atoms with Crippen LogP contribution in [0.25, 0.3) is 11.2 Å². The highest BCUT2D eigenvalue weighted by Gasteiger charge is 2.43. The number of fused-ring (bicyclic) bond motifs is 2. The van der Waals surface area contributed by atoms with Gasteiger partial charge in [-0.2, -0.15) is 0 Å². The Morgan fingerprint density at radius 2 is 1.90 bits per heavy atom. The van der Waals surface area contributed by atoms with Gasteiger partial charge >= 0.3 is 6.29 Å². The lowest BCUT2D eigenvalue weighted by atomic mass is 10.1. The van der Waals surface area contributed by atoms with Crippen LogP contribution in [-0.2, 0) is 13.0 Å². The van der Waals surface area contributed by atoms with Gasteiger partial charge in [-0.15, -0.1) is 8.78 Å². The zero-order chi connectivity index (χ0) is 20.7. The van der Waals surface area contributed by atoms with E-state index in [9.17, 15) is 8.78 Å². The average molecular weight is 428 g/mol. The molecule has 0 fully saturated rings. The second kappa shape index (κ2) is 7.13. The van der Waals surface area contributed by atoms with Crippen molar-refractivity contribution in [2.24, 2.45) is 0 Å². The summed E-state index contributed by atoms with van der Waals surface area (Å²) in [5.74, 6) is 0.326. The predicted molar refractivity (Wildman–Crippen MR) is 105 cm³/mol. The molecule has 152 valence electrons. The summed E-state index contributed by atoms with van der Waals surface area (Å²) in [6.07, 6.45) is -1.16. The van der Waals surface area contributed by atoms with Gasteiger partial charge in [-0.25, -0.2) is 4.57 Å². The SMILES string of the molecule is Nc1nc[n+](CCc2ccccc2)c2nc(Sc3ccc4c(c3)OC(F)(F)O4)[nH]c12. The fraction of sp³-hybridized carbons (Fsp3) is 0.150. The summed E-state index contributed by atoms with van der Waals surface area (Å²) in [6, 6.07) is 14.7. The van der Waals surface area contributed by atoms with Crippen molar-refractivity contribution in [3.05, 3.63) is 60.4 Å². The highest BCUT2D eigenvalue weighted by atomic mass is 32.2. The number of hydrogen-bond donors (Lipinski definition) is 2. The number of anilines is 1. The molecule has 0 spiro atoms. The Kier molecular flexibility index (Phi) is 4.43. The molecule has 7 nitrogen and oxygen atoms in total. The molecule has 0 amide bonds. The third-order valence-corrected chi connectivity index (χ3v) is 5.48. The van der Waals surface area contributed by atoms with E-state index in [1.165, 1.54) is 29.5 Å². The van der Waals surface area contributed by atoms with Crippen LogP contribution in [0.2, 0.25) is 0 Å². The Hall–Kier alpha value is -3.40. The van der Waals surface area contributed by atoms with Crippen LogP contribution < -0.4 is 19.8 Å². The fourth-order valence-corrected chi connectivity index (χ4v) is 4.00. The van der Waals surface area contributed by atoms with Crippen LogP contribution in [0.15, 0.2) is 64.9 Å². The zero-order valence-electron chi connectivity index (χ0n) is 15.5. The van der Waals surface area contributed by atoms with Gasteiger partial charge < -0.3 is 20.2 Å². The maximum Gasteiger partial charge on any atom is 0.586 e. The van der Waals surface area contributed by atoms with Gasteiger partial charge in [0.1, 0.15) is 0 Å². The monoisotopic (exact) mass is 428 g/mol. The molecule has 0 saturated heterocycles. The third kappa shape index (κ3) is 3.61. The number of aromatic nitrogens is 4. The third-order valence-electron chi connectivity index (χ3n) is 4.60. The van der Waals surface area contributed by atoms with E-state index < -0.39 is 6.29 Å². The molecule has 2 aromatic heterocycles. The number of ether oxygens (including phenoxy) is 2. The molecule has 0 atom stereocenters. The van der Waals surface area contributed by atoms with Crippen LogP contribution in [0, 0.1) is 0 Å². The van der Waals surface area contributed by atoms with Crippen molar-refractivity contribution >= 4 is 28.7 Å². The molecule has 5 rings (SSSR count). The van der Waals surface area contributed by atoms with Crippen molar-refractivity contribution in [1.82, 2.24) is 15.0 Å². The molecule has 0 bridgehead atoms. The van der Waals surface area contributed by atoms with Crippen molar-refractivity contribution in [2.45, 2.75) is 29.3 Å². The topological polar surface area (TPSA) is 89.9 Å². The van der Waals surface area contributed by atoms with Crippen molar-refractivity contribution in [1.29, 1.82) is 0 Å². The van der Waals surface area contributed by atoms with E-state index in [0.29, 0.717) is 33.6 Å². The van der Waals surface area contributed by atoms with E-state index in [1.54, 1.807) is 12.4 Å². The summed E-state index contributed by atoms with van der Waals surface area (Å²) in [7, 11) is 0. The number of nitrogens with two attached hydrogens (primary N) is 1. The number of benzene rings is 2. The van der Waals surface area contributed by atoms with E-state index in [2.05, 4.69) is 36.6 Å². The Morgan fingerprint density at radius 3 is 2.73 bits per heavy atom. The first-order chi connectivity index (χ1) is 14.5. The first-order valence-electron chi connectivity index (χ1n) is 9.12. The van der Waals surface area contributed by atoms with Gasteiger partial charge in [-0.05, 0) is 35.5 Å². The van der Waals surface area contributed by atoms with Gasteiger partial charge in [0.05, 0.1) is 6.54 Å². The minimum Gasteiger partial charge on any atom is -0.395 e. The van der Waals surface area contributed by atoms with Crippen LogP contribution in [-0.4, -0.2) is 21.2 Å². The molecule has 0 saturated carbocycles. The minimum absolute atomic E-state index is 0.00107. The largest absolute Gasteiger partial charge is 0.586 e. The van der Waals surface area contributed by atoms with Gasteiger partial charge in [0.2, 0.25) is 17.3 Å². The predicted octanol–water partition coefficient (Wildman–Crippen LogP) is 3.54. The number of H-pyrrole nitrogens is 1. The molecule has 1 aliphatic heterocycles. The second-order valence-corrected chi connectivity index (χ2v) is 7.74. The van der Waals surface area contributed by atoms with Gasteiger partial charge in [0, 0.05) is 11.3 Å². The van der Waals surface area contributed by atoms with Crippen LogP contribution in [0.3, 0.4) is 0 Å². The molecule has 3 heterocycles. The molecule has 0 radical (unpaired) electrons. The van der Waals surface area contributed by atoms with Gasteiger partial charge in [-0.3, -0.25) is 0 Å². The summed E-state index contributed by atoms with van der Waals surface area (Å²) >= 11 is 1.27. The van der Waals surface area contributed by atoms with Crippen molar-refractivity contribution in [3.63, 3.8) is 0 Å². The van der Waals surface area contributed by atoms with Gasteiger partial charge in [0.15, 0.2) is 17.0 Å². The Morgan fingerprint density at radius 1 is 1.10 bits per heavy atom. The fourth-order valence-electron chi connectivity index (χ4n) is 3.19. The van der Waals surface area contributed by atoms with Crippen molar-refractivity contribution < 1.29 is 22.8 Å². The lowest BCUT2D eigenvalue weighted by molar-refractivity contribution is -0.675. The Balaban J connectivity index is 1.40. The molecular weight excluding hydrogens is 412 g/mol. The molecule has 2 aromatic carbocycles. The zero-order valence-corrected chi connectivity index (χ0v) is 16.3. The first kappa shape index (κ1) is 18.6. The number of nitrogen functional groups attached to an aromatic ring is 1. The van der Waals surface area contributed by atoms with E-state index >= 15 is 0 Å². The summed E-state index contributed by atoms with van der Waals surface area (Å²) < 4.78 is 37.3. The number of rotatable bonds is 5. The molecule has 30 heavy (non-hydrogen) atoms. The maximum absolute atomic E-state index is 13.2. The molecule has 4 aromatic rings. The smallest absolute Gasteiger partial charge is 0.395 e. The normalized spacial score (nSPS) is 14.3. The number of imidazole rings is 1. The van der Waals surface area contributed by atoms with Crippen LogP contribution in [0.5, 0.6) is 11.5 Å². The number of hydrogen-bond acceptors (Lipinski definition) is 6. The minimum atomic E-state index is -3.64. The second-order valence-electron chi connectivity index (χ2n) is 6.68. The van der Waals surface area contributed by atoms with Gasteiger partial charge in [-0.1, -0.05) is 40.3 Å². The van der Waals surface area contributed by atoms with E-state index in [1.807, 2.05) is 22.8 Å². The maximum atomic E-state index is 13.2. The number of nitrogens with zero attached hydrogens (tertiary/aromatic N) is 3. The van der Waals surface area contributed by atoms with E-state index in [-0.39, 0.29) is 11.5 Å².